The Bertz CT molecular complexity index is 960. The van der Waals surface area contributed by atoms with Gasteiger partial charge in [-0.3, -0.25) is 4.79 Å². The Morgan fingerprint density at radius 3 is 2.68 bits per heavy atom. The molecule has 6 nitrogen and oxygen atoms in total. The van der Waals surface area contributed by atoms with Gasteiger partial charge in [-0.25, -0.2) is 4.39 Å². The summed E-state index contributed by atoms with van der Waals surface area (Å²) in [5.74, 6) is 0.418. The first-order chi connectivity index (χ1) is 13.4. The van der Waals surface area contributed by atoms with E-state index in [0.717, 1.165) is 28.6 Å². The highest BCUT2D eigenvalue weighted by Gasteiger charge is 2.17. The first-order valence-electron chi connectivity index (χ1n) is 8.66. The molecule has 0 aliphatic carbocycles. The van der Waals surface area contributed by atoms with Crippen LogP contribution in [-0.4, -0.2) is 21.9 Å². The number of benzene rings is 2. The molecule has 0 saturated heterocycles. The molecular weight excluding hydrogens is 381 g/mol. The molecule has 1 aromatic heterocycles. The van der Waals surface area contributed by atoms with Gasteiger partial charge in [-0.2, -0.15) is 0 Å². The molecule has 0 bridgehead atoms. The van der Waals surface area contributed by atoms with Gasteiger partial charge in [0.2, 0.25) is 5.91 Å². The number of halogens is 1. The summed E-state index contributed by atoms with van der Waals surface area (Å²) in [4.78, 5) is 12.2. The Hall–Kier alpha value is -2.87. The van der Waals surface area contributed by atoms with Crippen molar-refractivity contribution in [2.24, 2.45) is 0 Å². The molecule has 0 spiro atoms. The van der Waals surface area contributed by atoms with Crippen LogP contribution < -0.4 is 10.1 Å². The largest absolute Gasteiger partial charge is 0.481 e. The fourth-order valence-corrected chi connectivity index (χ4v) is 3.05. The molecule has 0 fully saturated rings. The van der Waals surface area contributed by atoms with Gasteiger partial charge in [-0.05, 0) is 56.7 Å². The van der Waals surface area contributed by atoms with Crippen LogP contribution in [0.1, 0.15) is 30.0 Å². The molecule has 28 heavy (non-hydrogen) atoms. The number of anilines is 1. The third-order valence-corrected chi connectivity index (χ3v) is 4.70. The minimum absolute atomic E-state index is 0.141. The lowest BCUT2D eigenvalue weighted by Gasteiger charge is -2.10. The van der Waals surface area contributed by atoms with Gasteiger partial charge in [0.05, 0.1) is 5.75 Å². The number of hydrogen-bond donors (Lipinski definition) is 1. The van der Waals surface area contributed by atoms with Crippen molar-refractivity contribution in [3.63, 3.8) is 0 Å². The number of rotatable bonds is 7. The number of amides is 1. The molecule has 2 aromatic carbocycles. The predicted octanol–water partition coefficient (Wildman–Crippen LogP) is 4.70. The van der Waals surface area contributed by atoms with Crippen molar-refractivity contribution in [1.29, 1.82) is 0 Å². The number of carbonyl (C=O) groups is 1. The van der Waals surface area contributed by atoms with E-state index < -0.39 is 6.10 Å². The maximum atomic E-state index is 12.9. The molecule has 0 aliphatic heterocycles. The summed E-state index contributed by atoms with van der Waals surface area (Å²) in [5.41, 5.74) is 2.93. The Labute approximate surface area is 166 Å². The molecule has 3 aromatic rings. The smallest absolute Gasteiger partial charge is 0.277 e. The summed E-state index contributed by atoms with van der Waals surface area (Å²) in [6.45, 7) is 5.70. The normalized spacial score (nSPS) is 11.9. The van der Waals surface area contributed by atoms with Crippen LogP contribution in [0.25, 0.3) is 0 Å². The standard InChI is InChI=1S/C20H20FN3O3S/c1-12-4-9-17(13(2)10-12)22-18(25)11-28-20-24-23-19(27-20)14(3)26-16-7-5-15(21)6-8-16/h4-10,14H,11H2,1-3H3,(H,22,25)/t14-/m1/s1. The average Bonchev–Trinajstić information content (AvgIpc) is 3.13. The van der Waals surface area contributed by atoms with E-state index in [1.54, 1.807) is 6.92 Å². The number of ether oxygens (including phenoxy) is 1. The summed E-state index contributed by atoms with van der Waals surface area (Å²) in [7, 11) is 0. The second-order valence-corrected chi connectivity index (χ2v) is 7.20. The van der Waals surface area contributed by atoms with Gasteiger partial charge in [0.15, 0.2) is 6.10 Å². The van der Waals surface area contributed by atoms with Gasteiger partial charge in [0.1, 0.15) is 11.6 Å². The van der Waals surface area contributed by atoms with E-state index in [4.69, 9.17) is 9.15 Å². The summed E-state index contributed by atoms with van der Waals surface area (Å²) in [6.07, 6.45) is -0.503. The first-order valence-corrected chi connectivity index (χ1v) is 9.65. The minimum atomic E-state index is -0.503. The fourth-order valence-electron chi connectivity index (χ4n) is 2.48. The molecule has 146 valence electrons. The van der Waals surface area contributed by atoms with Gasteiger partial charge in [0.25, 0.3) is 11.1 Å². The number of carbonyl (C=O) groups excluding carboxylic acids is 1. The maximum Gasteiger partial charge on any atom is 0.277 e. The molecule has 8 heteroatoms. The van der Waals surface area contributed by atoms with Crippen LogP contribution in [0.4, 0.5) is 10.1 Å². The monoisotopic (exact) mass is 401 g/mol. The fraction of sp³-hybridized carbons (Fsp3) is 0.250. The van der Waals surface area contributed by atoms with E-state index in [9.17, 15) is 9.18 Å². The minimum Gasteiger partial charge on any atom is -0.481 e. The van der Waals surface area contributed by atoms with Crippen LogP contribution in [-0.2, 0) is 4.79 Å². The van der Waals surface area contributed by atoms with E-state index in [1.807, 2.05) is 32.0 Å². The van der Waals surface area contributed by atoms with E-state index in [2.05, 4.69) is 15.5 Å². The van der Waals surface area contributed by atoms with Crippen LogP contribution in [0.2, 0.25) is 0 Å². The summed E-state index contributed by atoms with van der Waals surface area (Å²) < 4.78 is 24.1. The second kappa shape index (κ2) is 8.88. The number of thioether (sulfide) groups is 1. The molecule has 0 unspecified atom stereocenters. The summed E-state index contributed by atoms with van der Waals surface area (Å²) in [5, 5.41) is 11.0. The summed E-state index contributed by atoms with van der Waals surface area (Å²) >= 11 is 1.15. The molecule has 1 N–H and O–H groups in total. The highest BCUT2D eigenvalue weighted by atomic mass is 32.2. The zero-order valence-electron chi connectivity index (χ0n) is 15.7. The Morgan fingerprint density at radius 1 is 1.21 bits per heavy atom. The molecule has 3 rings (SSSR count). The van der Waals surface area contributed by atoms with Crippen LogP contribution in [0, 0.1) is 19.7 Å². The van der Waals surface area contributed by atoms with Crippen molar-refractivity contribution in [3.05, 3.63) is 65.3 Å². The van der Waals surface area contributed by atoms with Crippen LogP contribution >= 0.6 is 11.8 Å². The van der Waals surface area contributed by atoms with E-state index in [-0.39, 0.29) is 28.6 Å². The lowest BCUT2D eigenvalue weighted by Crippen LogP contribution is -2.14. The third-order valence-electron chi connectivity index (χ3n) is 3.88. The highest BCUT2D eigenvalue weighted by molar-refractivity contribution is 7.99. The number of nitrogens with one attached hydrogen (secondary N) is 1. The zero-order chi connectivity index (χ0) is 20.1. The van der Waals surface area contributed by atoms with Crippen molar-refractivity contribution in [2.45, 2.75) is 32.1 Å². The van der Waals surface area contributed by atoms with Crippen LogP contribution in [0.3, 0.4) is 0 Å². The van der Waals surface area contributed by atoms with E-state index in [0.29, 0.717) is 5.75 Å². The average molecular weight is 401 g/mol. The molecular formula is C20H20FN3O3S. The van der Waals surface area contributed by atoms with Crippen molar-refractivity contribution < 1.29 is 18.3 Å². The lowest BCUT2D eigenvalue weighted by molar-refractivity contribution is -0.113. The Balaban J connectivity index is 1.52. The van der Waals surface area contributed by atoms with Crippen LogP contribution in [0.15, 0.2) is 52.1 Å². The Morgan fingerprint density at radius 2 is 1.96 bits per heavy atom. The summed E-state index contributed by atoms with van der Waals surface area (Å²) in [6, 6.07) is 11.5. The third kappa shape index (κ3) is 5.32. The van der Waals surface area contributed by atoms with Gasteiger partial charge >= 0.3 is 0 Å². The second-order valence-electron chi connectivity index (χ2n) is 6.28. The predicted molar refractivity (Wildman–Crippen MR) is 105 cm³/mol. The molecule has 0 saturated carbocycles. The SMILES string of the molecule is Cc1ccc(NC(=O)CSc2nnc([C@@H](C)Oc3ccc(F)cc3)o2)c(C)c1. The van der Waals surface area contributed by atoms with Gasteiger partial charge < -0.3 is 14.5 Å². The number of hydrogen-bond acceptors (Lipinski definition) is 6. The van der Waals surface area contributed by atoms with Crippen molar-refractivity contribution in [1.82, 2.24) is 10.2 Å². The van der Waals surface area contributed by atoms with Crippen molar-refractivity contribution in [2.75, 3.05) is 11.1 Å². The Kier molecular flexibility index (Phi) is 6.30. The van der Waals surface area contributed by atoms with E-state index >= 15 is 0 Å². The van der Waals surface area contributed by atoms with Gasteiger partial charge in [-0.1, -0.05) is 29.5 Å². The zero-order valence-corrected chi connectivity index (χ0v) is 16.5. The quantitative estimate of drug-likeness (QED) is 0.579. The lowest BCUT2D eigenvalue weighted by atomic mass is 10.1. The number of aryl methyl sites for hydroxylation is 2. The topological polar surface area (TPSA) is 77.2 Å². The van der Waals surface area contributed by atoms with Gasteiger partial charge in [-0.15, -0.1) is 10.2 Å². The van der Waals surface area contributed by atoms with Crippen molar-refractivity contribution >= 4 is 23.4 Å². The molecule has 0 radical (unpaired) electrons. The van der Waals surface area contributed by atoms with Gasteiger partial charge in [0, 0.05) is 5.69 Å². The molecule has 1 heterocycles. The van der Waals surface area contributed by atoms with Crippen LogP contribution in [0.5, 0.6) is 5.75 Å². The maximum absolute atomic E-state index is 12.9. The van der Waals surface area contributed by atoms with E-state index in [1.165, 1.54) is 24.3 Å². The number of nitrogens with zero attached hydrogens (tertiary/aromatic N) is 2. The molecule has 1 amide bonds. The van der Waals surface area contributed by atoms with Crippen molar-refractivity contribution in [3.8, 4) is 5.75 Å². The molecule has 1 atom stereocenters. The molecule has 0 aliphatic rings. The highest BCUT2D eigenvalue weighted by Crippen LogP contribution is 2.24. The first kappa shape index (κ1) is 19.9. The number of aromatic nitrogens is 2.